The lowest BCUT2D eigenvalue weighted by Gasteiger charge is -2.37. The Bertz CT molecular complexity index is 767. The van der Waals surface area contributed by atoms with Gasteiger partial charge in [-0.1, -0.05) is 0 Å². The van der Waals surface area contributed by atoms with E-state index in [2.05, 4.69) is 10.2 Å². The van der Waals surface area contributed by atoms with Crippen molar-refractivity contribution >= 4 is 23.4 Å². The van der Waals surface area contributed by atoms with Crippen LogP contribution in [0.25, 0.3) is 0 Å². The maximum absolute atomic E-state index is 12.9. The molecule has 1 aromatic carbocycles. The van der Waals surface area contributed by atoms with Gasteiger partial charge in [0.1, 0.15) is 0 Å². The van der Waals surface area contributed by atoms with Crippen LogP contribution in [0.1, 0.15) is 49.4 Å². The van der Waals surface area contributed by atoms with Gasteiger partial charge in [-0.25, -0.2) is 0 Å². The first kappa shape index (κ1) is 19.9. The van der Waals surface area contributed by atoms with Gasteiger partial charge in [0.05, 0.1) is 6.04 Å². The smallest absolute Gasteiger partial charge is 0.253 e. The van der Waals surface area contributed by atoms with E-state index in [0.717, 1.165) is 37.9 Å². The van der Waals surface area contributed by atoms with Crippen LogP contribution in [0.15, 0.2) is 24.3 Å². The van der Waals surface area contributed by atoms with Crippen molar-refractivity contribution in [1.82, 2.24) is 15.1 Å². The van der Waals surface area contributed by atoms with Crippen LogP contribution < -0.4 is 10.2 Å². The molecule has 0 spiro atoms. The van der Waals surface area contributed by atoms with Crippen LogP contribution in [0.2, 0.25) is 0 Å². The molecule has 7 nitrogen and oxygen atoms in total. The lowest BCUT2D eigenvalue weighted by molar-refractivity contribution is -0.126. The van der Waals surface area contributed by atoms with Crippen molar-refractivity contribution in [1.29, 1.82) is 0 Å². The summed E-state index contributed by atoms with van der Waals surface area (Å²) < 4.78 is 0. The molecule has 1 N–H and O–H groups in total. The summed E-state index contributed by atoms with van der Waals surface area (Å²) in [4.78, 5) is 43.0. The number of piperidine rings is 1. The van der Waals surface area contributed by atoms with Gasteiger partial charge >= 0.3 is 0 Å². The number of amides is 3. The third-order valence-electron chi connectivity index (χ3n) is 6.20. The maximum Gasteiger partial charge on any atom is 0.253 e. The number of anilines is 1. The van der Waals surface area contributed by atoms with E-state index in [1.807, 2.05) is 41.0 Å². The molecule has 0 bridgehead atoms. The number of hydrogen-bond acceptors (Lipinski definition) is 4. The Kier molecular flexibility index (Phi) is 5.85. The van der Waals surface area contributed by atoms with E-state index >= 15 is 0 Å². The van der Waals surface area contributed by atoms with Crippen molar-refractivity contribution < 1.29 is 14.4 Å². The number of carbonyl (C=O) groups excluding carboxylic acids is 3. The molecular weight excluding hydrogens is 368 g/mol. The molecule has 1 unspecified atom stereocenters. The highest BCUT2D eigenvalue weighted by Crippen LogP contribution is 2.22. The van der Waals surface area contributed by atoms with Crippen molar-refractivity contribution in [3.63, 3.8) is 0 Å². The average molecular weight is 399 g/mol. The van der Waals surface area contributed by atoms with Gasteiger partial charge in [0, 0.05) is 56.4 Å². The van der Waals surface area contributed by atoms with Gasteiger partial charge in [-0.05, 0) is 56.9 Å². The van der Waals surface area contributed by atoms with Crippen molar-refractivity contribution in [2.45, 2.75) is 51.1 Å². The molecule has 1 saturated carbocycles. The Morgan fingerprint density at radius 2 is 1.69 bits per heavy atom. The summed E-state index contributed by atoms with van der Waals surface area (Å²) >= 11 is 0. The predicted molar refractivity (Wildman–Crippen MR) is 111 cm³/mol. The highest BCUT2D eigenvalue weighted by Gasteiger charge is 2.31. The summed E-state index contributed by atoms with van der Waals surface area (Å²) in [7, 11) is 0. The van der Waals surface area contributed by atoms with E-state index in [1.54, 1.807) is 0 Å². The summed E-state index contributed by atoms with van der Waals surface area (Å²) in [5, 5.41) is 3.06. The van der Waals surface area contributed by atoms with Gasteiger partial charge in [0.25, 0.3) is 5.91 Å². The zero-order valence-corrected chi connectivity index (χ0v) is 17.1. The molecule has 3 fully saturated rings. The Labute approximate surface area is 172 Å². The quantitative estimate of drug-likeness (QED) is 0.818. The zero-order chi connectivity index (χ0) is 20.4. The summed E-state index contributed by atoms with van der Waals surface area (Å²) in [5.74, 6) is 0.262. The first-order valence-corrected chi connectivity index (χ1v) is 10.8. The van der Waals surface area contributed by atoms with Gasteiger partial charge in [0.2, 0.25) is 11.8 Å². The van der Waals surface area contributed by atoms with Crippen molar-refractivity contribution in [3.8, 4) is 0 Å². The van der Waals surface area contributed by atoms with E-state index in [4.69, 9.17) is 0 Å². The summed E-state index contributed by atoms with van der Waals surface area (Å²) in [6, 6.07) is 7.59. The fourth-order valence-corrected chi connectivity index (χ4v) is 4.07. The second-order valence-electron chi connectivity index (χ2n) is 8.34. The predicted octanol–water partition coefficient (Wildman–Crippen LogP) is 1.63. The molecule has 3 aliphatic rings. The molecule has 4 rings (SSSR count). The van der Waals surface area contributed by atoms with Gasteiger partial charge in [-0.15, -0.1) is 0 Å². The summed E-state index contributed by atoms with van der Waals surface area (Å²) in [6.07, 6.45) is 4.76. The van der Waals surface area contributed by atoms with E-state index in [-0.39, 0.29) is 23.8 Å². The van der Waals surface area contributed by atoms with Crippen LogP contribution in [-0.2, 0) is 9.59 Å². The topological polar surface area (TPSA) is 73.0 Å². The number of hydrogen-bond donors (Lipinski definition) is 1. The number of nitrogens with one attached hydrogen (secondary N) is 1. The van der Waals surface area contributed by atoms with E-state index in [1.165, 1.54) is 0 Å². The minimum atomic E-state index is -0.158. The Hall–Kier alpha value is -2.41. The first-order valence-electron chi connectivity index (χ1n) is 10.8. The van der Waals surface area contributed by atoms with Crippen LogP contribution >= 0.6 is 0 Å². The van der Waals surface area contributed by atoms with E-state index < -0.39 is 0 Å². The van der Waals surface area contributed by atoms with Crippen LogP contribution in [0, 0.1) is 0 Å². The largest absolute Gasteiger partial charge is 0.352 e. The number of piperazine rings is 1. The number of carbonyl (C=O) groups is 3. The standard InChI is InChI=1S/C22H30N4O3/c1-16(21(28)23-18-7-8-18)24-12-14-25(15-13-24)22(29)17-5-9-19(10-6-17)26-11-3-2-4-20(26)27/h5-6,9-10,16,18H,2-4,7-8,11-15H2,1H3,(H,23,28). The van der Waals surface area contributed by atoms with Gasteiger partial charge in [0.15, 0.2) is 0 Å². The minimum absolute atomic E-state index is 0.0104. The van der Waals surface area contributed by atoms with Crippen molar-refractivity contribution in [2.24, 2.45) is 0 Å². The van der Waals surface area contributed by atoms with E-state index in [9.17, 15) is 14.4 Å². The van der Waals surface area contributed by atoms with Crippen molar-refractivity contribution in [2.75, 3.05) is 37.6 Å². The number of benzene rings is 1. The molecule has 1 atom stereocenters. The molecule has 1 aromatic rings. The molecular formula is C22H30N4O3. The molecule has 2 aliphatic heterocycles. The highest BCUT2D eigenvalue weighted by atomic mass is 16.2. The van der Waals surface area contributed by atoms with Crippen LogP contribution in [0.4, 0.5) is 5.69 Å². The van der Waals surface area contributed by atoms with Crippen LogP contribution in [-0.4, -0.2) is 72.3 Å². The Morgan fingerprint density at radius 3 is 2.31 bits per heavy atom. The first-order chi connectivity index (χ1) is 14.0. The number of nitrogens with zero attached hydrogens (tertiary/aromatic N) is 3. The molecule has 156 valence electrons. The monoisotopic (exact) mass is 398 g/mol. The lowest BCUT2D eigenvalue weighted by Crippen LogP contribution is -2.55. The molecule has 2 saturated heterocycles. The Morgan fingerprint density at radius 1 is 1.00 bits per heavy atom. The second-order valence-corrected chi connectivity index (χ2v) is 8.34. The molecule has 7 heteroatoms. The normalized spacial score (nSPS) is 21.8. The third-order valence-corrected chi connectivity index (χ3v) is 6.20. The van der Waals surface area contributed by atoms with Gasteiger partial charge < -0.3 is 15.1 Å². The number of rotatable bonds is 5. The molecule has 29 heavy (non-hydrogen) atoms. The Balaban J connectivity index is 1.31. The molecule has 0 aromatic heterocycles. The van der Waals surface area contributed by atoms with Gasteiger partial charge in [-0.3, -0.25) is 19.3 Å². The summed E-state index contributed by atoms with van der Waals surface area (Å²) in [6.45, 7) is 5.33. The van der Waals surface area contributed by atoms with Crippen LogP contribution in [0.5, 0.6) is 0 Å². The van der Waals surface area contributed by atoms with Gasteiger partial charge in [-0.2, -0.15) is 0 Å². The lowest BCUT2D eigenvalue weighted by atomic mass is 10.1. The average Bonchev–Trinajstić information content (AvgIpc) is 3.57. The van der Waals surface area contributed by atoms with Crippen molar-refractivity contribution in [3.05, 3.63) is 29.8 Å². The molecule has 3 amide bonds. The fourth-order valence-electron chi connectivity index (χ4n) is 4.07. The highest BCUT2D eigenvalue weighted by molar-refractivity contribution is 5.97. The third kappa shape index (κ3) is 4.61. The molecule has 2 heterocycles. The van der Waals surface area contributed by atoms with Crippen LogP contribution in [0.3, 0.4) is 0 Å². The summed E-state index contributed by atoms with van der Waals surface area (Å²) in [5.41, 5.74) is 1.51. The molecule has 0 radical (unpaired) electrons. The SMILES string of the molecule is CC(C(=O)NC1CC1)N1CCN(C(=O)c2ccc(N3CCCCC3=O)cc2)CC1. The maximum atomic E-state index is 12.9. The second kappa shape index (κ2) is 8.53. The van der Waals surface area contributed by atoms with E-state index in [0.29, 0.717) is 44.2 Å². The zero-order valence-electron chi connectivity index (χ0n) is 17.1. The fraction of sp³-hybridized carbons (Fsp3) is 0.591. The molecule has 1 aliphatic carbocycles. The minimum Gasteiger partial charge on any atom is -0.352 e.